The minimum atomic E-state index is -5.73. The number of carbonyl (C=O) groups is 1. The van der Waals surface area contributed by atoms with E-state index in [-0.39, 0.29) is 52.2 Å². The fourth-order valence-corrected chi connectivity index (χ4v) is 6.65. The van der Waals surface area contributed by atoms with Crippen LogP contribution in [0.1, 0.15) is 22.8 Å². The molecule has 9 N–H and O–H groups in total. The maximum Gasteiger partial charge on any atom is 1.00 e. The van der Waals surface area contributed by atoms with Crippen LogP contribution >= 0.6 is 15.6 Å². The van der Waals surface area contributed by atoms with E-state index in [0.717, 1.165) is 10.9 Å². The summed E-state index contributed by atoms with van der Waals surface area (Å²) in [5.41, 5.74) is 9.81. The summed E-state index contributed by atoms with van der Waals surface area (Å²) in [6.45, 7) is -2.05. The number of primary amides is 1. The van der Waals surface area contributed by atoms with E-state index < -0.39 is 89.4 Å². The van der Waals surface area contributed by atoms with Gasteiger partial charge < -0.3 is 60.2 Å². The van der Waals surface area contributed by atoms with E-state index in [4.69, 9.17) is 20.9 Å². The number of aromatic nitrogens is 5. The number of carbonyl (C=O) groups excluding carboxylic acids is 1. The van der Waals surface area contributed by atoms with Gasteiger partial charge in [0.1, 0.15) is 36.1 Å². The van der Waals surface area contributed by atoms with Gasteiger partial charge in [0, 0.05) is 6.07 Å². The molecule has 2 aliphatic rings. The number of nitrogen functional groups attached to an aromatic ring is 1. The van der Waals surface area contributed by atoms with Gasteiger partial charge in [-0.3, -0.25) is 28.3 Å². The largest absolute Gasteiger partial charge is 1.00 e. The zero-order chi connectivity index (χ0) is 32.8. The summed E-state index contributed by atoms with van der Waals surface area (Å²) in [5, 5.41) is 41.5. The molecule has 0 saturated carbocycles. The van der Waals surface area contributed by atoms with Crippen molar-refractivity contribution in [1.82, 2.24) is 19.5 Å². The monoisotopic (exact) mass is 701 g/mol. The van der Waals surface area contributed by atoms with Crippen molar-refractivity contribution in [3.8, 4) is 0 Å². The summed E-state index contributed by atoms with van der Waals surface area (Å²) in [6, 6.07) is 2.79. The van der Waals surface area contributed by atoms with Gasteiger partial charge in [-0.15, -0.1) is 0 Å². The van der Waals surface area contributed by atoms with Crippen LogP contribution in [0.2, 0.25) is 0 Å². The molecule has 0 bridgehead atoms. The van der Waals surface area contributed by atoms with E-state index in [0.29, 0.717) is 0 Å². The van der Waals surface area contributed by atoms with Crippen LogP contribution in [-0.4, -0.2) is 95.7 Å². The number of amides is 1. The van der Waals surface area contributed by atoms with E-state index in [1.807, 2.05) is 0 Å². The summed E-state index contributed by atoms with van der Waals surface area (Å²) in [6.07, 6.45) is -8.99. The van der Waals surface area contributed by atoms with Crippen LogP contribution in [0.4, 0.5) is 5.95 Å². The Bertz CT molecular complexity index is 1740. The molecule has 22 nitrogen and oxygen atoms in total. The van der Waals surface area contributed by atoms with Crippen molar-refractivity contribution in [2.75, 3.05) is 18.9 Å². The minimum absolute atomic E-state index is 0. The van der Waals surface area contributed by atoms with Crippen LogP contribution in [-0.2, 0) is 32.0 Å². The van der Waals surface area contributed by atoms with Crippen molar-refractivity contribution in [2.24, 2.45) is 5.73 Å². The molecule has 0 radical (unpaired) electrons. The minimum Gasteiger partial charge on any atom is -0.756 e. The summed E-state index contributed by atoms with van der Waals surface area (Å²) in [7, 11) is -11.4. The Hall–Kier alpha value is -2.21. The number of nitrogens with two attached hydrogens (primary N) is 2. The zero-order valence-corrected chi connectivity index (χ0v) is 27.3. The van der Waals surface area contributed by atoms with Crippen molar-refractivity contribution in [1.29, 1.82) is 0 Å². The Labute approximate surface area is 279 Å². The zero-order valence-electron chi connectivity index (χ0n) is 23.5. The van der Waals surface area contributed by atoms with E-state index in [1.54, 1.807) is 0 Å². The number of phosphoric ester groups is 2. The summed E-state index contributed by atoms with van der Waals surface area (Å²) in [5.74, 6) is -1.07. The van der Waals surface area contributed by atoms with Gasteiger partial charge in [-0.1, -0.05) is 0 Å². The van der Waals surface area contributed by atoms with E-state index in [1.165, 1.54) is 29.1 Å². The number of H-pyrrole nitrogens is 1. The average Bonchev–Trinajstić information content (AvgIpc) is 3.60. The number of aliphatic hydroxyl groups excluding tert-OH is 4. The third-order valence-electron chi connectivity index (χ3n) is 6.79. The number of hydrogen-bond donors (Lipinski definition) is 7. The topological polar surface area (TPSA) is 344 Å². The molecular formula is C21H26N7NaO15P2. The molecule has 3 aromatic heterocycles. The first-order valence-corrected chi connectivity index (χ1v) is 15.7. The number of phosphoric acid groups is 2. The molecule has 2 saturated heterocycles. The van der Waals surface area contributed by atoms with Crippen molar-refractivity contribution in [3.63, 3.8) is 0 Å². The number of anilines is 1. The van der Waals surface area contributed by atoms with Crippen LogP contribution in [0, 0.1) is 0 Å². The predicted octanol–water partition coefficient (Wildman–Crippen LogP) is -7.98. The van der Waals surface area contributed by atoms with Gasteiger partial charge >= 0.3 is 29.6 Å². The third kappa shape index (κ3) is 7.74. The van der Waals surface area contributed by atoms with Gasteiger partial charge in [-0.05, 0) is 6.07 Å². The molecule has 246 valence electrons. The molecular weight excluding hydrogens is 675 g/mol. The molecule has 0 aliphatic carbocycles. The smallest absolute Gasteiger partial charge is 0.756 e. The van der Waals surface area contributed by atoms with Gasteiger partial charge in [-0.25, -0.2) is 9.29 Å². The maximum absolute atomic E-state index is 12.3. The SMILES string of the molecule is NC(=O)c1ccc[n+]([C@@H]2O[C@H](COP(=O)([O-])OP(=O)([O-])OC[C@H]3O[C@@H](n4cnc5c(=O)[nH]c(N)nc54)[C@H](O)[C@@H]3O)[C@@H](O)[C@H]2O)c1.[Na+]. The molecule has 1 amide bonds. The van der Waals surface area contributed by atoms with Gasteiger partial charge in [0.15, 0.2) is 35.9 Å². The molecule has 0 aromatic carbocycles. The van der Waals surface area contributed by atoms with Crippen molar-refractivity contribution >= 4 is 38.7 Å². The molecule has 10 atom stereocenters. The summed E-state index contributed by atoms with van der Waals surface area (Å²) in [4.78, 5) is 58.0. The number of fused-ring (bicyclic) bond motifs is 1. The second-order valence-corrected chi connectivity index (χ2v) is 12.8. The molecule has 46 heavy (non-hydrogen) atoms. The number of rotatable bonds is 11. The molecule has 3 aromatic rings. The molecule has 5 rings (SSSR count). The Kier molecular flexibility index (Phi) is 11.2. The second-order valence-electron chi connectivity index (χ2n) is 9.84. The predicted molar refractivity (Wildman–Crippen MR) is 138 cm³/mol. The van der Waals surface area contributed by atoms with Crippen molar-refractivity contribution in [2.45, 2.75) is 49.1 Å². The normalized spacial score (nSPS) is 30.5. The summed E-state index contributed by atoms with van der Waals surface area (Å²) >= 11 is 0. The molecule has 25 heteroatoms. The van der Waals surface area contributed by atoms with Gasteiger partial charge in [0.2, 0.25) is 5.95 Å². The number of nitrogens with one attached hydrogen (secondary N) is 1. The fourth-order valence-electron chi connectivity index (χ4n) is 4.64. The van der Waals surface area contributed by atoms with Crippen LogP contribution in [0.5, 0.6) is 0 Å². The van der Waals surface area contributed by atoms with Gasteiger partial charge in [-0.2, -0.15) is 9.55 Å². The number of aliphatic hydroxyl groups is 4. The van der Waals surface area contributed by atoms with Gasteiger partial charge in [0.05, 0.1) is 19.5 Å². The number of pyridine rings is 1. The van der Waals surface area contributed by atoms with Crippen LogP contribution in [0.15, 0.2) is 35.6 Å². The molecule has 2 aliphatic heterocycles. The van der Waals surface area contributed by atoms with Crippen LogP contribution in [0.3, 0.4) is 0 Å². The van der Waals surface area contributed by atoms with Crippen LogP contribution in [0.25, 0.3) is 11.2 Å². The number of ether oxygens (including phenoxy) is 2. The average molecular weight is 701 g/mol. The Morgan fingerprint density at radius 3 is 2.30 bits per heavy atom. The molecule has 0 spiro atoms. The Balaban J connectivity index is 0.00000480. The fraction of sp³-hybridized carbons (Fsp3) is 0.476. The molecule has 2 unspecified atom stereocenters. The molecule has 2 fully saturated rings. The van der Waals surface area contributed by atoms with E-state index >= 15 is 0 Å². The maximum atomic E-state index is 12.3. The second kappa shape index (κ2) is 14.1. The number of nitrogens with zero attached hydrogens (tertiary/aromatic N) is 4. The number of imidazole rings is 1. The van der Waals surface area contributed by atoms with Crippen molar-refractivity contribution < 1.29 is 101 Å². The van der Waals surface area contributed by atoms with E-state index in [2.05, 4.69) is 28.3 Å². The first-order valence-electron chi connectivity index (χ1n) is 12.8. The first-order chi connectivity index (χ1) is 21.1. The molecule has 5 heterocycles. The standard InChI is InChI=1S/C21H27N7O15P2.Na/c22-16(33)8-2-1-3-27(4-8)19-14(31)12(29)9(41-19)5-39-44(35,36)43-45(37,38)40-6-10-13(30)15(32)20(42-10)28-7-24-11-17(28)25-21(23)26-18(11)34;/h1-4,7,9-10,12-15,19-20,29-32H,5-6H2,(H6-,22,23,25,26,33,34,35,36,37,38);/q;+1/p-1/t9-,10-,12-,13-,14-,15-,19-,20-;/m1./s1. The number of hydrogen-bond acceptors (Lipinski definition) is 18. The Morgan fingerprint density at radius 1 is 1.07 bits per heavy atom. The number of aromatic amines is 1. The third-order valence-corrected chi connectivity index (χ3v) is 9.32. The first kappa shape index (κ1) is 36.6. The quantitative estimate of drug-likeness (QED) is 0.0554. The van der Waals surface area contributed by atoms with Crippen LogP contribution < -0.4 is 60.9 Å². The summed E-state index contributed by atoms with van der Waals surface area (Å²) < 4.78 is 50.8. The van der Waals surface area contributed by atoms with E-state index in [9.17, 15) is 48.9 Å². The Morgan fingerprint density at radius 2 is 1.67 bits per heavy atom. The van der Waals surface area contributed by atoms with Gasteiger partial charge in [0.25, 0.3) is 33.3 Å². The van der Waals surface area contributed by atoms with Crippen molar-refractivity contribution in [3.05, 3.63) is 46.8 Å².